The monoisotopic (exact) mass is 358 g/mol. The zero-order valence-electron chi connectivity index (χ0n) is 15.3. The standard InChI is InChI=1S/C26H18N2/c1-4-10-19(11-5-1)22-16-17-23(20-12-6-2-7-13-20)26-25(22)27-18-24(28-26)21-14-8-3-9-15-21/h1-18H. The number of rotatable bonds is 3. The highest BCUT2D eigenvalue weighted by Gasteiger charge is 2.13. The molecular formula is C26H18N2. The van der Waals surface area contributed by atoms with Crippen molar-refractivity contribution in [3.05, 3.63) is 109 Å². The predicted octanol–water partition coefficient (Wildman–Crippen LogP) is 6.63. The van der Waals surface area contributed by atoms with Crippen LogP contribution in [0.3, 0.4) is 0 Å². The molecule has 0 aliphatic heterocycles. The van der Waals surface area contributed by atoms with Crippen LogP contribution in [0.15, 0.2) is 109 Å². The molecule has 5 aromatic rings. The highest BCUT2D eigenvalue weighted by molar-refractivity contribution is 6.01. The Morgan fingerprint density at radius 3 is 1.43 bits per heavy atom. The van der Waals surface area contributed by atoms with E-state index in [1.807, 2.05) is 36.5 Å². The Balaban J connectivity index is 1.80. The fourth-order valence-corrected chi connectivity index (χ4v) is 3.55. The summed E-state index contributed by atoms with van der Waals surface area (Å²) in [6.07, 6.45) is 1.87. The Labute approximate surface area is 164 Å². The molecule has 0 saturated heterocycles. The molecule has 2 heteroatoms. The first-order valence-electron chi connectivity index (χ1n) is 9.36. The van der Waals surface area contributed by atoms with Crippen LogP contribution in [0.4, 0.5) is 0 Å². The summed E-state index contributed by atoms with van der Waals surface area (Å²) < 4.78 is 0. The molecule has 5 rings (SSSR count). The van der Waals surface area contributed by atoms with Gasteiger partial charge in [0, 0.05) is 16.7 Å². The summed E-state index contributed by atoms with van der Waals surface area (Å²) in [4.78, 5) is 9.90. The van der Waals surface area contributed by atoms with Gasteiger partial charge in [-0.3, -0.25) is 4.98 Å². The van der Waals surface area contributed by atoms with E-state index < -0.39 is 0 Å². The zero-order chi connectivity index (χ0) is 18.8. The highest BCUT2D eigenvalue weighted by atomic mass is 14.8. The molecule has 0 radical (unpaired) electrons. The molecule has 0 saturated carbocycles. The fraction of sp³-hybridized carbons (Fsp3) is 0. The molecule has 1 aromatic heterocycles. The van der Waals surface area contributed by atoms with E-state index in [0.29, 0.717) is 0 Å². The third-order valence-electron chi connectivity index (χ3n) is 4.94. The zero-order valence-corrected chi connectivity index (χ0v) is 15.3. The second kappa shape index (κ2) is 7.09. The Kier molecular flexibility index (Phi) is 4.15. The van der Waals surface area contributed by atoms with E-state index in [1.165, 1.54) is 0 Å². The minimum atomic E-state index is 0.885. The van der Waals surface area contributed by atoms with Gasteiger partial charge in [0.15, 0.2) is 0 Å². The average molecular weight is 358 g/mol. The molecular weight excluding hydrogens is 340 g/mol. The third kappa shape index (κ3) is 2.95. The summed E-state index contributed by atoms with van der Waals surface area (Å²) in [5, 5.41) is 0. The van der Waals surface area contributed by atoms with Gasteiger partial charge < -0.3 is 0 Å². The van der Waals surface area contributed by atoms with Crippen molar-refractivity contribution in [1.29, 1.82) is 0 Å². The topological polar surface area (TPSA) is 25.8 Å². The lowest BCUT2D eigenvalue weighted by atomic mass is 9.97. The summed E-state index contributed by atoms with van der Waals surface area (Å²) in [7, 11) is 0. The van der Waals surface area contributed by atoms with Gasteiger partial charge in [-0.05, 0) is 11.1 Å². The smallest absolute Gasteiger partial charge is 0.0979 e. The van der Waals surface area contributed by atoms with E-state index in [4.69, 9.17) is 9.97 Å². The molecule has 132 valence electrons. The SMILES string of the molecule is c1ccc(-c2cnc3c(-c4ccccc4)ccc(-c4ccccc4)c3n2)cc1. The van der Waals surface area contributed by atoms with Crippen molar-refractivity contribution in [3.8, 4) is 33.5 Å². The third-order valence-corrected chi connectivity index (χ3v) is 4.94. The number of fused-ring (bicyclic) bond motifs is 1. The van der Waals surface area contributed by atoms with Gasteiger partial charge in [-0.25, -0.2) is 4.98 Å². The lowest BCUT2D eigenvalue weighted by Gasteiger charge is -2.12. The number of hydrogen-bond donors (Lipinski definition) is 0. The van der Waals surface area contributed by atoms with E-state index in [9.17, 15) is 0 Å². The summed E-state index contributed by atoms with van der Waals surface area (Å²) in [6, 6.07) is 35.3. The van der Waals surface area contributed by atoms with Crippen molar-refractivity contribution in [2.75, 3.05) is 0 Å². The molecule has 1 heterocycles. The van der Waals surface area contributed by atoms with Gasteiger partial charge in [0.05, 0.1) is 22.9 Å². The van der Waals surface area contributed by atoms with Crippen molar-refractivity contribution in [2.45, 2.75) is 0 Å². The molecule has 0 spiro atoms. The summed E-state index contributed by atoms with van der Waals surface area (Å²) >= 11 is 0. The quantitative estimate of drug-likeness (QED) is 0.362. The molecule has 4 aromatic carbocycles. The maximum atomic E-state index is 5.05. The van der Waals surface area contributed by atoms with Crippen molar-refractivity contribution >= 4 is 11.0 Å². The van der Waals surface area contributed by atoms with E-state index in [1.54, 1.807) is 0 Å². The van der Waals surface area contributed by atoms with E-state index >= 15 is 0 Å². The van der Waals surface area contributed by atoms with Crippen LogP contribution in [-0.2, 0) is 0 Å². The molecule has 0 aliphatic rings. The van der Waals surface area contributed by atoms with Crippen LogP contribution in [0.25, 0.3) is 44.5 Å². The van der Waals surface area contributed by atoms with Crippen LogP contribution in [0.5, 0.6) is 0 Å². The number of benzene rings is 4. The van der Waals surface area contributed by atoms with Gasteiger partial charge in [0.1, 0.15) is 0 Å². The predicted molar refractivity (Wildman–Crippen MR) is 116 cm³/mol. The van der Waals surface area contributed by atoms with Gasteiger partial charge in [-0.2, -0.15) is 0 Å². The van der Waals surface area contributed by atoms with Gasteiger partial charge in [-0.15, -0.1) is 0 Å². The lowest BCUT2D eigenvalue weighted by molar-refractivity contribution is 1.29. The van der Waals surface area contributed by atoms with Crippen molar-refractivity contribution < 1.29 is 0 Å². The molecule has 0 amide bonds. The molecule has 0 aliphatic carbocycles. The van der Waals surface area contributed by atoms with Crippen LogP contribution in [0, 0.1) is 0 Å². The first-order chi connectivity index (χ1) is 13.9. The number of hydrogen-bond acceptors (Lipinski definition) is 2. The Morgan fingerprint density at radius 2 is 0.893 bits per heavy atom. The van der Waals surface area contributed by atoms with Gasteiger partial charge in [-0.1, -0.05) is 103 Å². The maximum Gasteiger partial charge on any atom is 0.0979 e. The Bertz CT molecular complexity index is 1230. The Hall–Kier alpha value is -3.78. The van der Waals surface area contributed by atoms with Crippen LogP contribution in [-0.4, -0.2) is 9.97 Å². The number of aromatic nitrogens is 2. The summed E-state index contributed by atoms with van der Waals surface area (Å²) in [5.74, 6) is 0. The second-order valence-electron chi connectivity index (χ2n) is 6.71. The lowest BCUT2D eigenvalue weighted by Crippen LogP contribution is -1.94. The molecule has 28 heavy (non-hydrogen) atoms. The first kappa shape index (κ1) is 16.4. The Morgan fingerprint density at radius 1 is 0.429 bits per heavy atom. The molecule has 2 nitrogen and oxygen atoms in total. The largest absolute Gasteiger partial charge is 0.252 e. The van der Waals surface area contributed by atoms with Gasteiger partial charge in [0.25, 0.3) is 0 Å². The molecule has 0 atom stereocenters. The van der Waals surface area contributed by atoms with Crippen molar-refractivity contribution in [2.24, 2.45) is 0 Å². The summed E-state index contributed by atoms with van der Waals surface area (Å²) in [5.41, 5.74) is 8.29. The minimum absolute atomic E-state index is 0.885. The maximum absolute atomic E-state index is 5.05. The van der Waals surface area contributed by atoms with E-state index in [2.05, 4.69) is 72.8 Å². The van der Waals surface area contributed by atoms with E-state index in [-0.39, 0.29) is 0 Å². The van der Waals surface area contributed by atoms with Gasteiger partial charge >= 0.3 is 0 Å². The number of nitrogens with zero attached hydrogens (tertiary/aromatic N) is 2. The average Bonchev–Trinajstić information content (AvgIpc) is 2.80. The van der Waals surface area contributed by atoms with Crippen LogP contribution >= 0.6 is 0 Å². The summed E-state index contributed by atoms with van der Waals surface area (Å²) in [6.45, 7) is 0. The van der Waals surface area contributed by atoms with E-state index in [0.717, 1.165) is 44.5 Å². The normalized spacial score (nSPS) is 10.9. The van der Waals surface area contributed by atoms with Crippen LogP contribution in [0.1, 0.15) is 0 Å². The highest BCUT2D eigenvalue weighted by Crippen LogP contribution is 2.34. The molecule has 0 unspecified atom stereocenters. The molecule has 0 N–H and O–H groups in total. The van der Waals surface area contributed by atoms with Crippen LogP contribution < -0.4 is 0 Å². The van der Waals surface area contributed by atoms with Crippen LogP contribution in [0.2, 0.25) is 0 Å². The van der Waals surface area contributed by atoms with Gasteiger partial charge in [0.2, 0.25) is 0 Å². The first-order valence-corrected chi connectivity index (χ1v) is 9.36. The minimum Gasteiger partial charge on any atom is -0.252 e. The molecule has 0 bridgehead atoms. The van der Waals surface area contributed by atoms with Crippen molar-refractivity contribution in [1.82, 2.24) is 9.97 Å². The van der Waals surface area contributed by atoms with Crippen molar-refractivity contribution in [3.63, 3.8) is 0 Å². The second-order valence-corrected chi connectivity index (χ2v) is 6.71. The molecule has 0 fully saturated rings. The fourth-order valence-electron chi connectivity index (χ4n) is 3.55.